The third kappa shape index (κ3) is 7.45. The van der Waals surface area contributed by atoms with Crippen molar-refractivity contribution in [2.45, 2.75) is 51.7 Å². The largest absolute Gasteiger partial charge is 0.388 e. The first kappa shape index (κ1) is 19.7. The minimum atomic E-state index is -0.561. The van der Waals surface area contributed by atoms with E-state index in [0.717, 1.165) is 12.1 Å². The van der Waals surface area contributed by atoms with Gasteiger partial charge in [-0.1, -0.05) is 43.7 Å². The molecule has 0 spiro atoms. The Labute approximate surface area is 151 Å². The molecule has 140 valence electrons. The number of nitrogens with one attached hydrogen (secondary N) is 2. The summed E-state index contributed by atoms with van der Waals surface area (Å²) in [5.41, 5.74) is 0.881. The lowest BCUT2D eigenvalue weighted by atomic mass is 10.0. The zero-order valence-electron chi connectivity index (χ0n) is 15.6. The van der Waals surface area contributed by atoms with Crippen LogP contribution < -0.4 is 10.6 Å². The van der Waals surface area contributed by atoms with E-state index < -0.39 is 6.10 Å². The third-order valence-electron chi connectivity index (χ3n) is 4.77. The van der Waals surface area contributed by atoms with Gasteiger partial charge in [-0.3, -0.25) is 0 Å². The van der Waals surface area contributed by atoms with E-state index in [4.69, 9.17) is 0 Å². The summed E-state index contributed by atoms with van der Waals surface area (Å²) >= 11 is 0. The Kier molecular flexibility index (Phi) is 8.22. The molecule has 1 fully saturated rings. The molecule has 0 saturated carbocycles. The smallest absolute Gasteiger partial charge is 0.315 e. The molecule has 3 N–H and O–H groups in total. The summed E-state index contributed by atoms with van der Waals surface area (Å²) in [5, 5.41) is 16.1. The molecule has 2 rings (SSSR count). The molecule has 5 heteroatoms. The number of hydrogen-bond donors (Lipinski definition) is 3. The monoisotopic (exact) mass is 347 g/mol. The van der Waals surface area contributed by atoms with Crippen LogP contribution in [0.25, 0.3) is 0 Å². The second kappa shape index (κ2) is 10.4. The van der Waals surface area contributed by atoms with Crippen LogP contribution in [-0.4, -0.2) is 48.3 Å². The van der Waals surface area contributed by atoms with Crippen molar-refractivity contribution in [1.82, 2.24) is 15.5 Å². The summed E-state index contributed by atoms with van der Waals surface area (Å²) in [4.78, 5) is 14.5. The van der Waals surface area contributed by atoms with Crippen LogP contribution in [0.5, 0.6) is 0 Å². The molecule has 0 bridgehead atoms. The van der Waals surface area contributed by atoms with Crippen molar-refractivity contribution in [2.75, 3.05) is 26.2 Å². The topological polar surface area (TPSA) is 64.6 Å². The van der Waals surface area contributed by atoms with E-state index >= 15 is 0 Å². The molecule has 3 unspecified atom stereocenters. The summed E-state index contributed by atoms with van der Waals surface area (Å²) in [6.45, 7) is 8.19. The highest BCUT2D eigenvalue weighted by Gasteiger charge is 2.16. The van der Waals surface area contributed by atoms with Crippen molar-refractivity contribution < 1.29 is 9.90 Å². The zero-order chi connectivity index (χ0) is 18.1. The SMILES string of the molecule is CC(CNC(=O)NC(C)CC(O)c1ccccc1)CN1CCCCC1. The summed E-state index contributed by atoms with van der Waals surface area (Å²) < 4.78 is 0. The van der Waals surface area contributed by atoms with Crippen LogP contribution in [-0.2, 0) is 0 Å². The number of carbonyl (C=O) groups is 1. The van der Waals surface area contributed by atoms with Crippen molar-refractivity contribution in [1.29, 1.82) is 0 Å². The molecule has 5 nitrogen and oxygen atoms in total. The normalized spacial score (nSPS) is 19.0. The van der Waals surface area contributed by atoms with Gasteiger partial charge in [0, 0.05) is 19.1 Å². The Morgan fingerprint density at radius 3 is 2.52 bits per heavy atom. The quantitative estimate of drug-likeness (QED) is 0.677. The molecule has 0 radical (unpaired) electrons. The van der Waals surface area contributed by atoms with E-state index in [2.05, 4.69) is 22.5 Å². The molecule has 1 aliphatic heterocycles. The Bertz CT molecular complexity index is 503. The van der Waals surface area contributed by atoms with Gasteiger partial charge < -0.3 is 20.6 Å². The average Bonchev–Trinajstić information content (AvgIpc) is 2.61. The highest BCUT2D eigenvalue weighted by Crippen LogP contribution is 2.17. The van der Waals surface area contributed by atoms with Crippen LogP contribution in [0, 0.1) is 5.92 Å². The van der Waals surface area contributed by atoms with Crippen LogP contribution >= 0.6 is 0 Å². The number of rotatable bonds is 8. The molecule has 1 aromatic rings. The number of carbonyl (C=O) groups excluding carboxylic acids is 1. The molecule has 1 aromatic carbocycles. The predicted octanol–water partition coefficient (Wildman–Crippen LogP) is 2.92. The van der Waals surface area contributed by atoms with Gasteiger partial charge >= 0.3 is 6.03 Å². The lowest BCUT2D eigenvalue weighted by Gasteiger charge is -2.29. The third-order valence-corrected chi connectivity index (χ3v) is 4.77. The van der Waals surface area contributed by atoms with Crippen LogP contribution in [0.3, 0.4) is 0 Å². The second-order valence-corrected chi connectivity index (χ2v) is 7.38. The van der Waals surface area contributed by atoms with Gasteiger partial charge in [0.25, 0.3) is 0 Å². The van der Waals surface area contributed by atoms with Gasteiger partial charge in [0.2, 0.25) is 0 Å². The Hall–Kier alpha value is -1.59. The second-order valence-electron chi connectivity index (χ2n) is 7.38. The van der Waals surface area contributed by atoms with E-state index in [9.17, 15) is 9.90 Å². The lowest BCUT2D eigenvalue weighted by Crippen LogP contribution is -2.44. The maximum atomic E-state index is 12.1. The van der Waals surface area contributed by atoms with Crippen LogP contribution in [0.2, 0.25) is 0 Å². The van der Waals surface area contributed by atoms with E-state index in [1.54, 1.807) is 0 Å². The van der Waals surface area contributed by atoms with Crippen LogP contribution in [0.4, 0.5) is 4.79 Å². The number of amides is 2. The molecule has 0 aromatic heterocycles. The minimum absolute atomic E-state index is 0.0902. The van der Waals surface area contributed by atoms with Crippen molar-refractivity contribution in [2.24, 2.45) is 5.92 Å². The van der Waals surface area contributed by atoms with E-state index in [-0.39, 0.29) is 12.1 Å². The van der Waals surface area contributed by atoms with E-state index in [0.29, 0.717) is 18.9 Å². The number of aliphatic hydroxyl groups excluding tert-OH is 1. The predicted molar refractivity (Wildman–Crippen MR) is 101 cm³/mol. The fourth-order valence-corrected chi connectivity index (χ4v) is 3.39. The maximum Gasteiger partial charge on any atom is 0.315 e. The van der Waals surface area contributed by atoms with Crippen LogP contribution in [0.15, 0.2) is 30.3 Å². The number of likely N-dealkylation sites (tertiary alicyclic amines) is 1. The molecule has 1 saturated heterocycles. The van der Waals surface area contributed by atoms with Gasteiger partial charge in [-0.2, -0.15) is 0 Å². The van der Waals surface area contributed by atoms with Gasteiger partial charge in [0.15, 0.2) is 0 Å². The van der Waals surface area contributed by atoms with Crippen molar-refractivity contribution in [3.8, 4) is 0 Å². The summed E-state index contributed by atoms with van der Waals surface area (Å²) in [7, 11) is 0. The summed E-state index contributed by atoms with van der Waals surface area (Å²) in [6, 6.07) is 9.31. The van der Waals surface area contributed by atoms with Gasteiger partial charge in [0.05, 0.1) is 6.10 Å². The maximum absolute atomic E-state index is 12.1. The number of nitrogens with zero attached hydrogens (tertiary/aromatic N) is 1. The first-order valence-electron chi connectivity index (χ1n) is 9.54. The average molecular weight is 348 g/mol. The fourth-order valence-electron chi connectivity index (χ4n) is 3.39. The highest BCUT2D eigenvalue weighted by atomic mass is 16.3. The molecule has 1 aliphatic rings. The molecular weight excluding hydrogens is 314 g/mol. The standard InChI is InChI=1S/C20H33N3O2/c1-16(15-23-11-7-4-8-12-23)14-21-20(25)22-17(2)13-19(24)18-9-5-3-6-10-18/h3,5-6,9-10,16-17,19,24H,4,7-8,11-15H2,1-2H3,(H2,21,22,25). The zero-order valence-corrected chi connectivity index (χ0v) is 15.6. The number of aliphatic hydroxyl groups is 1. The lowest BCUT2D eigenvalue weighted by molar-refractivity contribution is 0.154. The van der Waals surface area contributed by atoms with Gasteiger partial charge in [-0.15, -0.1) is 0 Å². The Morgan fingerprint density at radius 1 is 1.16 bits per heavy atom. The molecular formula is C20H33N3O2. The fraction of sp³-hybridized carbons (Fsp3) is 0.650. The van der Waals surface area contributed by atoms with Crippen LogP contribution in [0.1, 0.15) is 51.2 Å². The van der Waals surface area contributed by atoms with E-state index in [1.165, 1.54) is 32.4 Å². The Morgan fingerprint density at radius 2 is 1.84 bits per heavy atom. The van der Waals surface area contributed by atoms with E-state index in [1.807, 2.05) is 37.3 Å². The van der Waals surface area contributed by atoms with Gasteiger partial charge in [-0.05, 0) is 50.8 Å². The summed E-state index contributed by atoms with van der Waals surface area (Å²) in [6.07, 6.45) is 3.87. The number of benzene rings is 1. The highest BCUT2D eigenvalue weighted by molar-refractivity contribution is 5.74. The molecule has 0 aliphatic carbocycles. The number of urea groups is 1. The van der Waals surface area contributed by atoms with Gasteiger partial charge in [0.1, 0.15) is 0 Å². The molecule has 2 amide bonds. The molecule has 25 heavy (non-hydrogen) atoms. The minimum Gasteiger partial charge on any atom is -0.388 e. The van der Waals surface area contributed by atoms with Gasteiger partial charge in [-0.25, -0.2) is 4.79 Å². The van der Waals surface area contributed by atoms with Crippen molar-refractivity contribution in [3.05, 3.63) is 35.9 Å². The van der Waals surface area contributed by atoms with Crippen molar-refractivity contribution in [3.63, 3.8) is 0 Å². The Balaban J connectivity index is 1.63. The molecule has 1 heterocycles. The first-order chi connectivity index (χ1) is 12.0. The first-order valence-corrected chi connectivity index (χ1v) is 9.54. The number of piperidine rings is 1. The summed E-state index contributed by atoms with van der Waals surface area (Å²) in [5.74, 6) is 0.439. The molecule has 3 atom stereocenters. The number of hydrogen-bond acceptors (Lipinski definition) is 3. The van der Waals surface area contributed by atoms with Crippen molar-refractivity contribution >= 4 is 6.03 Å².